The number of nitrogens with zero attached hydrogens (tertiary/aromatic N) is 2. The van der Waals surface area contributed by atoms with Gasteiger partial charge in [-0.3, -0.25) is 0 Å². The molecule has 0 atom stereocenters. The summed E-state index contributed by atoms with van der Waals surface area (Å²) in [6.45, 7) is 3.85. The first kappa shape index (κ1) is 16.3. The molecule has 0 aliphatic rings. The molecule has 0 spiro atoms. The van der Waals surface area contributed by atoms with Gasteiger partial charge in [0, 0.05) is 30.0 Å². The summed E-state index contributed by atoms with van der Waals surface area (Å²) < 4.78 is 0. The Hall–Kier alpha value is -1.10. The third-order valence-electron chi connectivity index (χ3n) is 3.28. The zero-order valence-corrected chi connectivity index (χ0v) is 14.4. The predicted octanol–water partition coefficient (Wildman–Crippen LogP) is 4.10. The highest BCUT2D eigenvalue weighted by Gasteiger charge is 2.14. The van der Waals surface area contributed by atoms with Crippen LogP contribution < -0.4 is 10.2 Å². The van der Waals surface area contributed by atoms with Crippen LogP contribution in [0.3, 0.4) is 0 Å². The van der Waals surface area contributed by atoms with Crippen LogP contribution in [-0.4, -0.2) is 19.1 Å². The van der Waals surface area contributed by atoms with Gasteiger partial charge in [0.25, 0.3) is 0 Å². The minimum atomic E-state index is 0.776. The van der Waals surface area contributed by atoms with Gasteiger partial charge in [-0.15, -0.1) is 11.3 Å². The summed E-state index contributed by atoms with van der Waals surface area (Å²) in [6, 6.07) is 7.97. The highest BCUT2D eigenvalue weighted by molar-refractivity contribution is 7.15. The molecule has 114 valence electrons. The number of thiazole rings is 1. The van der Waals surface area contributed by atoms with Gasteiger partial charge in [-0.25, -0.2) is 4.98 Å². The Kier molecular flexibility index (Phi) is 6.03. The summed E-state index contributed by atoms with van der Waals surface area (Å²) in [5.74, 6) is 0. The van der Waals surface area contributed by atoms with Crippen molar-refractivity contribution >= 4 is 28.1 Å². The summed E-state index contributed by atoms with van der Waals surface area (Å²) in [4.78, 5) is 8.31. The minimum Gasteiger partial charge on any atom is -0.347 e. The Morgan fingerprint density at radius 1 is 1.33 bits per heavy atom. The normalized spacial score (nSPS) is 10.9. The molecule has 0 fully saturated rings. The molecular formula is C16H22ClN3S. The van der Waals surface area contributed by atoms with Crippen molar-refractivity contribution in [2.45, 2.75) is 32.9 Å². The Balaban J connectivity index is 2.17. The van der Waals surface area contributed by atoms with Crippen LogP contribution in [0.1, 0.15) is 29.5 Å². The first-order valence-electron chi connectivity index (χ1n) is 7.23. The monoisotopic (exact) mass is 323 g/mol. The Morgan fingerprint density at radius 2 is 2.10 bits per heavy atom. The average molecular weight is 324 g/mol. The fourth-order valence-corrected chi connectivity index (χ4v) is 3.49. The zero-order chi connectivity index (χ0) is 15.2. The molecule has 2 rings (SSSR count). The van der Waals surface area contributed by atoms with Gasteiger partial charge < -0.3 is 10.2 Å². The van der Waals surface area contributed by atoms with Gasteiger partial charge in [0.1, 0.15) is 0 Å². The highest BCUT2D eigenvalue weighted by atomic mass is 35.5. The summed E-state index contributed by atoms with van der Waals surface area (Å²) in [5, 5.41) is 5.09. The van der Waals surface area contributed by atoms with Gasteiger partial charge in [0.05, 0.1) is 5.69 Å². The molecule has 0 amide bonds. The van der Waals surface area contributed by atoms with E-state index in [1.54, 1.807) is 11.3 Å². The van der Waals surface area contributed by atoms with E-state index in [1.165, 1.54) is 10.6 Å². The third kappa shape index (κ3) is 4.19. The van der Waals surface area contributed by atoms with Crippen molar-refractivity contribution < 1.29 is 0 Å². The fourth-order valence-electron chi connectivity index (χ4n) is 2.21. The third-order valence-corrected chi connectivity index (χ3v) is 4.86. The van der Waals surface area contributed by atoms with Gasteiger partial charge in [-0.05, 0) is 25.1 Å². The van der Waals surface area contributed by atoms with Crippen molar-refractivity contribution in [3.8, 4) is 0 Å². The number of hydrogen-bond acceptors (Lipinski definition) is 4. The molecular weight excluding hydrogens is 302 g/mol. The van der Waals surface area contributed by atoms with Crippen LogP contribution in [0.2, 0.25) is 5.02 Å². The van der Waals surface area contributed by atoms with E-state index in [2.05, 4.69) is 30.3 Å². The van der Waals surface area contributed by atoms with Gasteiger partial charge >= 0.3 is 0 Å². The lowest BCUT2D eigenvalue weighted by atomic mass is 10.2. The van der Waals surface area contributed by atoms with Crippen molar-refractivity contribution in [2.24, 2.45) is 0 Å². The molecule has 1 aromatic carbocycles. The van der Waals surface area contributed by atoms with Crippen LogP contribution in [0.5, 0.6) is 0 Å². The maximum Gasteiger partial charge on any atom is 0.185 e. The number of aryl methyl sites for hydroxylation is 1. The van der Waals surface area contributed by atoms with Crippen LogP contribution in [0.4, 0.5) is 5.13 Å². The molecule has 0 aliphatic heterocycles. The predicted molar refractivity (Wildman–Crippen MR) is 92.4 cm³/mol. The molecule has 0 saturated carbocycles. The number of rotatable bonds is 7. The number of nitrogens with one attached hydrogen (secondary N) is 1. The van der Waals surface area contributed by atoms with E-state index in [0.717, 1.165) is 41.6 Å². The lowest BCUT2D eigenvalue weighted by Crippen LogP contribution is -2.16. The van der Waals surface area contributed by atoms with Crippen LogP contribution in [-0.2, 0) is 19.5 Å². The second-order valence-electron chi connectivity index (χ2n) is 5.09. The van der Waals surface area contributed by atoms with Gasteiger partial charge in [-0.2, -0.15) is 0 Å². The molecule has 1 heterocycles. The molecule has 2 aromatic rings. The van der Waals surface area contributed by atoms with Gasteiger partial charge in [0.15, 0.2) is 5.13 Å². The molecule has 0 saturated heterocycles. The van der Waals surface area contributed by atoms with E-state index in [-0.39, 0.29) is 0 Å². The number of aromatic nitrogens is 1. The summed E-state index contributed by atoms with van der Waals surface area (Å²) >= 11 is 8.00. The van der Waals surface area contributed by atoms with Crippen LogP contribution in [0.25, 0.3) is 0 Å². The van der Waals surface area contributed by atoms with Crippen molar-refractivity contribution in [3.05, 3.63) is 45.4 Å². The topological polar surface area (TPSA) is 28.2 Å². The van der Waals surface area contributed by atoms with E-state index in [0.29, 0.717) is 0 Å². The maximum absolute atomic E-state index is 6.24. The van der Waals surface area contributed by atoms with Crippen LogP contribution >= 0.6 is 22.9 Å². The second kappa shape index (κ2) is 7.78. The minimum absolute atomic E-state index is 0.776. The largest absolute Gasteiger partial charge is 0.347 e. The van der Waals surface area contributed by atoms with E-state index in [9.17, 15) is 0 Å². The molecule has 3 nitrogen and oxygen atoms in total. The highest BCUT2D eigenvalue weighted by Crippen LogP contribution is 2.28. The molecule has 0 aliphatic carbocycles. The Morgan fingerprint density at radius 3 is 2.76 bits per heavy atom. The number of anilines is 1. The van der Waals surface area contributed by atoms with E-state index in [4.69, 9.17) is 16.6 Å². The number of halogens is 1. The van der Waals surface area contributed by atoms with Crippen molar-refractivity contribution in [1.82, 2.24) is 10.3 Å². The Bertz CT molecular complexity index is 559. The zero-order valence-electron chi connectivity index (χ0n) is 12.8. The summed E-state index contributed by atoms with van der Waals surface area (Å²) in [6.07, 6.45) is 2.15. The van der Waals surface area contributed by atoms with Crippen LogP contribution in [0, 0.1) is 0 Å². The smallest absolute Gasteiger partial charge is 0.185 e. The SMILES string of the molecule is CCCc1nc(N(C)Cc2ccccc2Cl)sc1CNC. The standard InChI is InChI=1S/C16H22ClN3S/c1-4-7-14-15(10-18-2)21-16(19-14)20(3)11-12-8-5-6-9-13(12)17/h5-6,8-9,18H,4,7,10-11H2,1-3H3. The van der Waals surface area contributed by atoms with E-state index in [1.807, 2.05) is 25.2 Å². The quantitative estimate of drug-likeness (QED) is 0.831. The van der Waals surface area contributed by atoms with E-state index < -0.39 is 0 Å². The number of hydrogen-bond donors (Lipinski definition) is 1. The number of benzene rings is 1. The molecule has 0 radical (unpaired) electrons. The van der Waals surface area contributed by atoms with Crippen molar-refractivity contribution in [3.63, 3.8) is 0 Å². The molecule has 21 heavy (non-hydrogen) atoms. The second-order valence-corrected chi connectivity index (χ2v) is 6.56. The summed E-state index contributed by atoms with van der Waals surface area (Å²) in [5.41, 5.74) is 2.35. The first-order chi connectivity index (χ1) is 10.2. The van der Waals surface area contributed by atoms with Gasteiger partial charge in [-0.1, -0.05) is 43.1 Å². The van der Waals surface area contributed by atoms with E-state index >= 15 is 0 Å². The lowest BCUT2D eigenvalue weighted by Gasteiger charge is -2.16. The average Bonchev–Trinajstić information content (AvgIpc) is 2.86. The van der Waals surface area contributed by atoms with Crippen LogP contribution in [0.15, 0.2) is 24.3 Å². The lowest BCUT2D eigenvalue weighted by molar-refractivity contribution is 0.796. The Labute approximate surface area is 136 Å². The first-order valence-corrected chi connectivity index (χ1v) is 8.42. The summed E-state index contributed by atoms with van der Waals surface area (Å²) in [7, 11) is 4.05. The van der Waals surface area contributed by atoms with Crippen molar-refractivity contribution in [1.29, 1.82) is 0 Å². The molecule has 0 bridgehead atoms. The fraction of sp³-hybridized carbons (Fsp3) is 0.438. The molecule has 1 aromatic heterocycles. The van der Waals surface area contributed by atoms with Crippen molar-refractivity contribution in [2.75, 3.05) is 19.0 Å². The molecule has 5 heteroatoms. The molecule has 1 N–H and O–H groups in total. The van der Waals surface area contributed by atoms with Gasteiger partial charge in [0.2, 0.25) is 0 Å². The molecule has 0 unspecified atom stereocenters. The maximum atomic E-state index is 6.24.